The number of benzene rings is 1. The van der Waals surface area contributed by atoms with Gasteiger partial charge >= 0.3 is 0 Å². The smallest absolute Gasteiger partial charge is 0.240 e. The highest BCUT2D eigenvalue weighted by Gasteiger charge is 2.30. The van der Waals surface area contributed by atoms with Gasteiger partial charge in [-0.1, -0.05) is 25.7 Å². The first-order chi connectivity index (χ1) is 9.82. The zero-order chi connectivity index (χ0) is 15.5. The van der Waals surface area contributed by atoms with Crippen molar-refractivity contribution in [1.29, 1.82) is 0 Å². The van der Waals surface area contributed by atoms with Crippen LogP contribution in [0.15, 0.2) is 23.1 Å². The number of hydrogen-bond donors (Lipinski definition) is 2. The summed E-state index contributed by atoms with van der Waals surface area (Å²) >= 11 is 0. The predicted octanol–water partition coefficient (Wildman–Crippen LogP) is 2.50. The van der Waals surface area contributed by atoms with Crippen molar-refractivity contribution in [2.75, 3.05) is 6.54 Å². The molecule has 1 fully saturated rings. The van der Waals surface area contributed by atoms with E-state index in [1.165, 1.54) is 12.1 Å². The summed E-state index contributed by atoms with van der Waals surface area (Å²) in [7, 11) is -3.73. The molecule has 2 rings (SSSR count). The predicted molar refractivity (Wildman–Crippen MR) is 79.0 cm³/mol. The summed E-state index contributed by atoms with van der Waals surface area (Å²) in [5.41, 5.74) is -0.618. The summed E-state index contributed by atoms with van der Waals surface area (Å²) in [6.45, 7) is 1.56. The zero-order valence-corrected chi connectivity index (χ0v) is 13.0. The quantitative estimate of drug-likeness (QED) is 0.839. The Bertz CT molecular complexity index is 593. The first-order valence-corrected chi connectivity index (χ1v) is 8.79. The molecule has 0 amide bonds. The lowest BCUT2D eigenvalue weighted by Gasteiger charge is -2.26. The average molecular weight is 315 g/mol. The fourth-order valence-corrected chi connectivity index (χ4v) is 4.13. The lowest BCUT2D eigenvalue weighted by Crippen LogP contribution is -2.42. The number of aliphatic hydroxyl groups is 1. The van der Waals surface area contributed by atoms with Crippen LogP contribution in [0.5, 0.6) is 0 Å². The normalized spacial score (nSPS) is 19.2. The topological polar surface area (TPSA) is 66.4 Å². The van der Waals surface area contributed by atoms with Gasteiger partial charge in [-0.3, -0.25) is 0 Å². The highest BCUT2D eigenvalue weighted by molar-refractivity contribution is 7.89. The number of nitrogens with one attached hydrogen (secondary N) is 1. The third kappa shape index (κ3) is 4.25. The molecule has 0 unspecified atom stereocenters. The van der Waals surface area contributed by atoms with Gasteiger partial charge in [-0.15, -0.1) is 0 Å². The van der Waals surface area contributed by atoms with Crippen LogP contribution in [0.25, 0.3) is 0 Å². The average Bonchev–Trinajstić information content (AvgIpc) is 2.62. The molecule has 0 atom stereocenters. The van der Waals surface area contributed by atoms with Gasteiger partial charge in [0.15, 0.2) is 0 Å². The van der Waals surface area contributed by atoms with Crippen molar-refractivity contribution in [3.8, 4) is 0 Å². The van der Waals surface area contributed by atoms with E-state index in [-0.39, 0.29) is 11.4 Å². The summed E-state index contributed by atoms with van der Waals surface area (Å²) < 4.78 is 40.1. The van der Waals surface area contributed by atoms with Crippen LogP contribution in [0.2, 0.25) is 0 Å². The molecule has 0 bridgehead atoms. The maximum Gasteiger partial charge on any atom is 0.240 e. The SMILES string of the molecule is Cc1cc(F)ccc1S(=O)(=O)NCC1(O)CCCCCC1. The van der Waals surface area contributed by atoms with Crippen LogP contribution >= 0.6 is 0 Å². The molecule has 0 heterocycles. The Morgan fingerprint density at radius 1 is 1.24 bits per heavy atom. The molecule has 0 saturated heterocycles. The van der Waals surface area contributed by atoms with Crippen LogP contribution in [-0.4, -0.2) is 25.7 Å². The van der Waals surface area contributed by atoms with Gasteiger partial charge in [0, 0.05) is 6.54 Å². The second kappa shape index (κ2) is 6.42. The first-order valence-electron chi connectivity index (χ1n) is 7.31. The van der Waals surface area contributed by atoms with E-state index in [0.29, 0.717) is 18.4 Å². The van der Waals surface area contributed by atoms with Crippen LogP contribution in [0, 0.1) is 12.7 Å². The Hall–Kier alpha value is -0.980. The molecule has 21 heavy (non-hydrogen) atoms. The monoisotopic (exact) mass is 315 g/mol. The molecule has 0 radical (unpaired) electrons. The Labute approximate surface area is 125 Å². The number of sulfonamides is 1. The number of aryl methyl sites for hydroxylation is 1. The van der Waals surface area contributed by atoms with Crippen LogP contribution < -0.4 is 4.72 Å². The number of rotatable bonds is 4. The maximum absolute atomic E-state index is 13.1. The minimum atomic E-state index is -3.73. The van der Waals surface area contributed by atoms with Crippen molar-refractivity contribution in [2.45, 2.75) is 55.9 Å². The van der Waals surface area contributed by atoms with E-state index >= 15 is 0 Å². The van der Waals surface area contributed by atoms with Gasteiger partial charge in [0.1, 0.15) is 5.82 Å². The molecule has 1 aromatic rings. The van der Waals surface area contributed by atoms with Crippen molar-refractivity contribution in [1.82, 2.24) is 4.72 Å². The Kier molecular flexibility index (Phi) is 5.01. The molecule has 1 saturated carbocycles. The van der Waals surface area contributed by atoms with Gasteiger partial charge in [-0.05, 0) is 43.5 Å². The van der Waals surface area contributed by atoms with Gasteiger partial charge in [0.2, 0.25) is 10.0 Å². The summed E-state index contributed by atoms with van der Waals surface area (Å²) in [6, 6.07) is 3.57. The molecule has 2 N–H and O–H groups in total. The minimum Gasteiger partial charge on any atom is -0.389 e. The highest BCUT2D eigenvalue weighted by atomic mass is 32.2. The van der Waals surface area contributed by atoms with Crippen LogP contribution in [-0.2, 0) is 10.0 Å². The highest BCUT2D eigenvalue weighted by Crippen LogP contribution is 2.27. The third-order valence-corrected chi connectivity index (χ3v) is 5.61. The molecule has 1 aromatic carbocycles. The molecule has 4 nitrogen and oxygen atoms in total. The summed E-state index contributed by atoms with van der Waals surface area (Å²) in [5.74, 6) is -0.464. The lowest BCUT2D eigenvalue weighted by molar-refractivity contribution is 0.0303. The zero-order valence-electron chi connectivity index (χ0n) is 12.2. The Morgan fingerprint density at radius 2 is 1.86 bits per heavy atom. The fourth-order valence-electron chi connectivity index (χ4n) is 2.78. The van der Waals surface area contributed by atoms with E-state index in [2.05, 4.69) is 4.72 Å². The van der Waals surface area contributed by atoms with Gasteiger partial charge in [-0.25, -0.2) is 17.5 Å². The van der Waals surface area contributed by atoms with Crippen molar-refractivity contribution in [3.63, 3.8) is 0 Å². The van der Waals surface area contributed by atoms with Gasteiger partial charge in [0.05, 0.1) is 10.5 Å². The van der Waals surface area contributed by atoms with E-state index in [0.717, 1.165) is 31.7 Å². The molecule has 1 aliphatic carbocycles. The number of hydrogen-bond acceptors (Lipinski definition) is 3. The van der Waals surface area contributed by atoms with Gasteiger partial charge in [-0.2, -0.15) is 0 Å². The summed E-state index contributed by atoms with van der Waals surface area (Å²) in [5, 5.41) is 10.5. The molecule has 118 valence electrons. The summed E-state index contributed by atoms with van der Waals surface area (Å²) in [6.07, 6.45) is 5.19. The Morgan fingerprint density at radius 3 is 2.43 bits per heavy atom. The second-order valence-electron chi connectivity index (χ2n) is 5.87. The molecule has 0 aromatic heterocycles. The van der Waals surface area contributed by atoms with Gasteiger partial charge < -0.3 is 5.11 Å². The van der Waals surface area contributed by atoms with Gasteiger partial charge in [0.25, 0.3) is 0 Å². The maximum atomic E-state index is 13.1. The van der Waals surface area contributed by atoms with Crippen LogP contribution in [0.1, 0.15) is 44.1 Å². The van der Waals surface area contributed by atoms with E-state index in [9.17, 15) is 17.9 Å². The van der Waals surface area contributed by atoms with E-state index in [4.69, 9.17) is 0 Å². The molecular weight excluding hydrogens is 293 g/mol. The van der Waals surface area contributed by atoms with E-state index in [1.54, 1.807) is 6.92 Å². The first kappa shape index (κ1) is 16.4. The third-order valence-electron chi connectivity index (χ3n) is 4.05. The lowest BCUT2D eigenvalue weighted by atomic mass is 9.95. The van der Waals surface area contributed by atoms with E-state index in [1.807, 2.05) is 0 Å². The molecule has 6 heteroatoms. The summed E-state index contributed by atoms with van der Waals surface area (Å²) in [4.78, 5) is 0.0566. The van der Waals surface area contributed by atoms with Crippen LogP contribution in [0.4, 0.5) is 4.39 Å². The largest absolute Gasteiger partial charge is 0.389 e. The van der Waals surface area contributed by atoms with Crippen molar-refractivity contribution in [3.05, 3.63) is 29.6 Å². The molecular formula is C15H22FNO3S. The molecule has 0 spiro atoms. The van der Waals surface area contributed by atoms with Crippen molar-refractivity contribution < 1.29 is 17.9 Å². The molecule has 1 aliphatic rings. The fraction of sp³-hybridized carbons (Fsp3) is 0.600. The van der Waals surface area contributed by atoms with Crippen molar-refractivity contribution >= 4 is 10.0 Å². The standard InChI is InChI=1S/C15H22FNO3S/c1-12-10-13(16)6-7-14(12)21(19,20)17-11-15(18)8-4-2-3-5-9-15/h6-7,10,17-18H,2-5,8-9,11H2,1H3. The molecule has 0 aliphatic heterocycles. The minimum absolute atomic E-state index is 0.00610. The number of halogens is 1. The van der Waals surface area contributed by atoms with E-state index < -0.39 is 21.4 Å². The van der Waals surface area contributed by atoms with Crippen molar-refractivity contribution in [2.24, 2.45) is 0 Å². The van der Waals surface area contributed by atoms with Crippen LogP contribution in [0.3, 0.4) is 0 Å². The second-order valence-corrected chi connectivity index (χ2v) is 7.61. The Balaban J connectivity index is 2.10.